The average Bonchev–Trinajstić information content (AvgIpc) is 2.69. The van der Waals surface area contributed by atoms with Crippen molar-refractivity contribution in [3.8, 4) is 0 Å². The van der Waals surface area contributed by atoms with Crippen LogP contribution in [0.15, 0.2) is 30.3 Å². The van der Waals surface area contributed by atoms with Gasteiger partial charge >= 0.3 is 0 Å². The van der Waals surface area contributed by atoms with Crippen LogP contribution < -0.4 is 5.32 Å². The van der Waals surface area contributed by atoms with Crippen LogP contribution in [0, 0.1) is 5.92 Å². The lowest BCUT2D eigenvalue weighted by Crippen LogP contribution is -2.43. The molecule has 0 radical (unpaired) electrons. The molecule has 0 unspecified atom stereocenters. The predicted molar refractivity (Wildman–Crippen MR) is 69.7 cm³/mol. The molecule has 1 aromatic carbocycles. The molecular weight excluding hydrogens is 246 g/mol. The average molecular weight is 265 g/mol. The Morgan fingerprint density at radius 1 is 1.32 bits per heavy atom. The maximum Gasteiger partial charge on any atom is 0.251 e. The van der Waals surface area contributed by atoms with Crippen molar-refractivity contribution in [2.24, 2.45) is 5.92 Å². The molecule has 2 rings (SSSR count). The third-order valence-electron chi connectivity index (χ3n) is 3.54. The van der Waals surface area contributed by atoms with Gasteiger partial charge in [0, 0.05) is 18.6 Å². The number of methoxy groups -OCH3 is 1. The van der Waals surface area contributed by atoms with Gasteiger partial charge in [-0.05, 0) is 18.6 Å². The highest BCUT2D eigenvalue weighted by Gasteiger charge is 2.42. The Morgan fingerprint density at radius 3 is 2.63 bits per heavy atom. The molecule has 0 spiro atoms. The minimum Gasteiger partial charge on any atom is -0.390 e. The third kappa shape index (κ3) is 3.12. The van der Waals surface area contributed by atoms with Crippen molar-refractivity contribution in [3.63, 3.8) is 0 Å². The van der Waals surface area contributed by atoms with Crippen molar-refractivity contribution in [3.05, 3.63) is 35.9 Å². The molecule has 1 fully saturated rings. The molecule has 0 saturated heterocycles. The van der Waals surface area contributed by atoms with Gasteiger partial charge in [0.1, 0.15) is 6.10 Å². The Morgan fingerprint density at radius 2 is 2.00 bits per heavy atom. The normalized spacial score (nSPS) is 30.3. The molecular formula is C14H19NO4. The molecule has 0 heterocycles. The summed E-state index contributed by atoms with van der Waals surface area (Å²) >= 11 is 0. The summed E-state index contributed by atoms with van der Waals surface area (Å²) in [5, 5.41) is 22.6. The van der Waals surface area contributed by atoms with Gasteiger partial charge in [0.25, 0.3) is 5.91 Å². The molecule has 4 atom stereocenters. The maximum atomic E-state index is 12.0. The molecule has 3 N–H and O–H groups in total. The van der Waals surface area contributed by atoms with Gasteiger partial charge in [0.05, 0.1) is 18.8 Å². The summed E-state index contributed by atoms with van der Waals surface area (Å²) in [5.74, 6) is -0.393. The number of aliphatic hydroxyl groups excluding tert-OH is 2. The standard InChI is InChI=1S/C14H19NO4/c1-19-8-10-7-11(13(17)12(10)16)15-14(18)9-5-3-2-4-6-9/h2-6,10-13,16-17H,7-8H2,1H3,(H,15,18)/t10-,11-,12-,13+/m1/s1. The van der Waals surface area contributed by atoms with Gasteiger partial charge in [-0.15, -0.1) is 0 Å². The number of hydrogen-bond acceptors (Lipinski definition) is 4. The first-order valence-electron chi connectivity index (χ1n) is 6.34. The van der Waals surface area contributed by atoms with Crippen molar-refractivity contribution in [1.29, 1.82) is 0 Å². The molecule has 5 nitrogen and oxygen atoms in total. The van der Waals surface area contributed by atoms with Crippen LogP contribution in [0.3, 0.4) is 0 Å². The number of carbonyl (C=O) groups is 1. The number of carbonyl (C=O) groups excluding carboxylic acids is 1. The molecule has 1 aromatic rings. The van der Waals surface area contributed by atoms with Gasteiger partial charge in [0.15, 0.2) is 0 Å². The second kappa shape index (κ2) is 6.14. The van der Waals surface area contributed by atoms with Crippen molar-refractivity contribution < 1.29 is 19.7 Å². The monoisotopic (exact) mass is 265 g/mol. The number of nitrogens with one attached hydrogen (secondary N) is 1. The second-order valence-electron chi connectivity index (χ2n) is 4.88. The lowest BCUT2D eigenvalue weighted by molar-refractivity contribution is -0.00552. The molecule has 0 aromatic heterocycles. The molecule has 0 aliphatic heterocycles. The summed E-state index contributed by atoms with van der Waals surface area (Å²) in [6.45, 7) is 0.371. The lowest BCUT2D eigenvalue weighted by Gasteiger charge is -2.18. The van der Waals surface area contributed by atoms with Gasteiger partial charge in [0.2, 0.25) is 0 Å². The van der Waals surface area contributed by atoms with Crippen molar-refractivity contribution >= 4 is 5.91 Å². The van der Waals surface area contributed by atoms with E-state index in [2.05, 4.69) is 5.32 Å². The van der Waals surface area contributed by atoms with Crippen LogP contribution >= 0.6 is 0 Å². The van der Waals surface area contributed by atoms with E-state index in [4.69, 9.17) is 4.74 Å². The van der Waals surface area contributed by atoms with Crippen LogP contribution in [-0.2, 0) is 4.74 Å². The first kappa shape index (κ1) is 14.0. The van der Waals surface area contributed by atoms with E-state index in [1.54, 1.807) is 31.4 Å². The molecule has 1 amide bonds. The van der Waals surface area contributed by atoms with Crippen LogP contribution in [0.5, 0.6) is 0 Å². The maximum absolute atomic E-state index is 12.0. The van der Waals surface area contributed by atoms with Crippen molar-refractivity contribution in [2.45, 2.75) is 24.7 Å². The van der Waals surface area contributed by atoms with Crippen LogP contribution in [-0.4, -0.2) is 48.1 Å². The number of benzene rings is 1. The minimum absolute atomic E-state index is 0.152. The number of aliphatic hydroxyl groups is 2. The number of rotatable bonds is 4. The molecule has 0 bridgehead atoms. The molecule has 5 heteroatoms. The highest BCUT2D eigenvalue weighted by atomic mass is 16.5. The highest BCUT2D eigenvalue weighted by Crippen LogP contribution is 2.27. The van der Waals surface area contributed by atoms with E-state index in [0.717, 1.165) is 0 Å². The first-order chi connectivity index (χ1) is 9.13. The van der Waals surface area contributed by atoms with E-state index in [1.807, 2.05) is 6.07 Å². The summed E-state index contributed by atoms with van der Waals surface area (Å²) < 4.78 is 5.00. The lowest BCUT2D eigenvalue weighted by atomic mass is 10.1. The zero-order chi connectivity index (χ0) is 13.8. The third-order valence-corrected chi connectivity index (χ3v) is 3.54. The predicted octanol–water partition coefficient (Wildman–Crippen LogP) is 0.173. The van der Waals surface area contributed by atoms with E-state index >= 15 is 0 Å². The summed E-state index contributed by atoms with van der Waals surface area (Å²) in [7, 11) is 1.55. The zero-order valence-corrected chi connectivity index (χ0v) is 10.8. The van der Waals surface area contributed by atoms with E-state index in [-0.39, 0.29) is 11.8 Å². The van der Waals surface area contributed by atoms with Crippen LogP contribution in [0.2, 0.25) is 0 Å². The van der Waals surface area contributed by atoms with E-state index < -0.39 is 18.2 Å². The second-order valence-corrected chi connectivity index (χ2v) is 4.88. The molecule has 1 saturated carbocycles. The Bertz CT molecular complexity index is 423. The Balaban J connectivity index is 1.98. The summed E-state index contributed by atoms with van der Waals surface area (Å²) in [6.07, 6.45) is -1.30. The van der Waals surface area contributed by atoms with E-state index in [0.29, 0.717) is 18.6 Å². The fourth-order valence-electron chi connectivity index (χ4n) is 2.49. The highest BCUT2D eigenvalue weighted by molar-refractivity contribution is 5.94. The fourth-order valence-corrected chi connectivity index (χ4v) is 2.49. The topological polar surface area (TPSA) is 78.8 Å². The van der Waals surface area contributed by atoms with Gasteiger partial charge in [-0.3, -0.25) is 4.79 Å². The van der Waals surface area contributed by atoms with E-state index in [1.165, 1.54) is 0 Å². The van der Waals surface area contributed by atoms with Gasteiger partial charge in [-0.1, -0.05) is 18.2 Å². The van der Waals surface area contributed by atoms with Crippen molar-refractivity contribution in [1.82, 2.24) is 5.32 Å². The minimum atomic E-state index is -0.951. The van der Waals surface area contributed by atoms with Gasteiger partial charge < -0.3 is 20.3 Å². The molecule has 104 valence electrons. The Kier molecular flexibility index (Phi) is 4.52. The van der Waals surface area contributed by atoms with Gasteiger partial charge in [-0.25, -0.2) is 0 Å². The number of hydrogen-bond donors (Lipinski definition) is 3. The molecule has 1 aliphatic rings. The first-order valence-corrected chi connectivity index (χ1v) is 6.34. The zero-order valence-electron chi connectivity index (χ0n) is 10.8. The van der Waals surface area contributed by atoms with Gasteiger partial charge in [-0.2, -0.15) is 0 Å². The van der Waals surface area contributed by atoms with E-state index in [9.17, 15) is 15.0 Å². The summed E-state index contributed by atoms with van der Waals surface area (Å²) in [6, 6.07) is 8.37. The number of ether oxygens (including phenoxy) is 1. The van der Waals surface area contributed by atoms with Crippen LogP contribution in [0.4, 0.5) is 0 Å². The van der Waals surface area contributed by atoms with Crippen LogP contribution in [0.1, 0.15) is 16.8 Å². The SMILES string of the molecule is COC[C@H]1C[C@@H](NC(=O)c2ccccc2)[C@H](O)[C@@H]1O. The Labute approximate surface area is 112 Å². The summed E-state index contributed by atoms with van der Waals surface area (Å²) in [5.41, 5.74) is 0.541. The largest absolute Gasteiger partial charge is 0.390 e. The van der Waals surface area contributed by atoms with Crippen LogP contribution in [0.25, 0.3) is 0 Å². The Hall–Kier alpha value is -1.43. The molecule has 1 aliphatic carbocycles. The molecule has 19 heavy (non-hydrogen) atoms. The quantitative estimate of drug-likeness (QED) is 0.725. The fraction of sp³-hybridized carbons (Fsp3) is 0.500. The van der Waals surface area contributed by atoms with Crippen molar-refractivity contribution in [2.75, 3.05) is 13.7 Å². The smallest absolute Gasteiger partial charge is 0.251 e. The number of amides is 1. The summed E-state index contributed by atoms with van der Waals surface area (Å²) in [4.78, 5) is 12.0.